The summed E-state index contributed by atoms with van der Waals surface area (Å²) in [5.74, 6) is 0. The molecule has 0 aromatic heterocycles. The molecule has 6 aromatic rings. The van der Waals surface area contributed by atoms with E-state index in [0.717, 1.165) is 6.42 Å². The lowest BCUT2D eigenvalue weighted by Crippen LogP contribution is -2.30. The first kappa shape index (κ1) is 22.2. The Balaban J connectivity index is 1.17. The van der Waals surface area contributed by atoms with E-state index < -0.39 is 0 Å². The summed E-state index contributed by atoms with van der Waals surface area (Å²) in [4.78, 5) is 2.42. The average Bonchev–Trinajstić information content (AvgIpc) is 3.55. The maximum atomic E-state index is 3.66. The number of nitrogens with zero attached hydrogens (tertiary/aromatic N) is 1. The maximum Gasteiger partial charge on any atom is 0.104 e. The minimum absolute atomic E-state index is 0.270. The summed E-state index contributed by atoms with van der Waals surface area (Å²) < 4.78 is 0. The van der Waals surface area contributed by atoms with Gasteiger partial charge in [0, 0.05) is 5.69 Å². The van der Waals surface area contributed by atoms with Crippen molar-refractivity contribution in [1.82, 2.24) is 0 Å². The van der Waals surface area contributed by atoms with E-state index in [-0.39, 0.29) is 6.17 Å². The third kappa shape index (κ3) is 3.35. The van der Waals surface area contributed by atoms with E-state index in [2.05, 4.69) is 145 Å². The highest BCUT2D eigenvalue weighted by Gasteiger charge is 2.28. The molecule has 0 bridgehead atoms. The molecule has 0 saturated heterocycles. The highest BCUT2D eigenvalue weighted by Crippen LogP contribution is 2.49. The number of hydrogen-bond acceptors (Lipinski definition) is 2. The molecule has 1 aliphatic heterocycles. The third-order valence-electron chi connectivity index (χ3n) is 8.38. The summed E-state index contributed by atoms with van der Waals surface area (Å²) >= 11 is 0. The zero-order valence-corrected chi connectivity index (χ0v) is 21.9. The zero-order chi connectivity index (χ0) is 25.9. The maximum absolute atomic E-state index is 3.66. The van der Waals surface area contributed by atoms with E-state index in [4.69, 9.17) is 0 Å². The lowest BCUT2D eigenvalue weighted by atomic mass is 9.92. The first-order valence-electron chi connectivity index (χ1n) is 13.8. The second kappa shape index (κ2) is 8.61. The van der Waals surface area contributed by atoms with Crippen LogP contribution in [0.5, 0.6) is 0 Å². The van der Waals surface area contributed by atoms with Gasteiger partial charge in [-0.3, -0.25) is 0 Å². The van der Waals surface area contributed by atoms with Gasteiger partial charge in [0.05, 0.1) is 11.4 Å². The Bertz CT molecular complexity index is 1850. The molecule has 0 saturated carbocycles. The monoisotopic (exact) mass is 500 g/mol. The van der Waals surface area contributed by atoms with Crippen LogP contribution in [0.2, 0.25) is 0 Å². The van der Waals surface area contributed by atoms with Crippen LogP contribution in [0, 0.1) is 0 Å². The van der Waals surface area contributed by atoms with Gasteiger partial charge in [-0.1, -0.05) is 104 Å². The molecule has 6 aromatic carbocycles. The lowest BCUT2D eigenvalue weighted by molar-refractivity contribution is 0.728. The minimum Gasteiger partial charge on any atom is -0.363 e. The van der Waals surface area contributed by atoms with Crippen LogP contribution >= 0.6 is 0 Å². The largest absolute Gasteiger partial charge is 0.363 e. The van der Waals surface area contributed by atoms with Gasteiger partial charge in [0.1, 0.15) is 6.17 Å². The van der Waals surface area contributed by atoms with Crippen molar-refractivity contribution in [3.63, 3.8) is 0 Å². The molecule has 2 heteroatoms. The van der Waals surface area contributed by atoms with Gasteiger partial charge in [-0.2, -0.15) is 0 Å². The van der Waals surface area contributed by atoms with Crippen molar-refractivity contribution in [3.05, 3.63) is 127 Å². The molecule has 2 nitrogen and oxygen atoms in total. The van der Waals surface area contributed by atoms with Gasteiger partial charge in [-0.15, -0.1) is 0 Å². The van der Waals surface area contributed by atoms with Gasteiger partial charge in [-0.05, 0) is 92.0 Å². The Morgan fingerprint density at radius 3 is 2.05 bits per heavy atom. The molecule has 39 heavy (non-hydrogen) atoms. The summed E-state index contributed by atoms with van der Waals surface area (Å²) in [6.07, 6.45) is 1.30. The second-order valence-electron chi connectivity index (χ2n) is 10.5. The summed E-state index contributed by atoms with van der Waals surface area (Å²) in [5, 5.41) is 6.35. The van der Waals surface area contributed by atoms with Gasteiger partial charge in [0.15, 0.2) is 0 Å². The smallest absolute Gasteiger partial charge is 0.104 e. The van der Waals surface area contributed by atoms with E-state index in [9.17, 15) is 0 Å². The van der Waals surface area contributed by atoms with Gasteiger partial charge < -0.3 is 10.2 Å². The van der Waals surface area contributed by atoms with Crippen LogP contribution in [0.1, 0.15) is 13.3 Å². The van der Waals surface area contributed by atoms with Crippen LogP contribution in [-0.2, 0) is 0 Å². The number of para-hydroxylation sites is 2. The Morgan fingerprint density at radius 1 is 0.564 bits per heavy atom. The highest BCUT2D eigenvalue weighted by atomic mass is 15.3. The minimum atomic E-state index is 0.270. The summed E-state index contributed by atoms with van der Waals surface area (Å²) in [5.41, 5.74) is 14.0. The summed E-state index contributed by atoms with van der Waals surface area (Å²) in [6, 6.07) is 46.7. The van der Waals surface area contributed by atoms with E-state index in [0.29, 0.717) is 0 Å². The van der Waals surface area contributed by atoms with Gasteiger partial charge in [-0.25, -0.2) is 0 Å². The fraction of sp³-hybridized carbons (Fsp3) is 0.0811. The SMILES string of the molecule is CCC1Nc2ccccc2N1c1ccc(-c2cccc(-c3ccc4c5c(cccc35)-c3ccccc3-4)c2)cc1. The van der Waals surface area contributed by atoms with E-state index in [1.54, 1.807) is 0 Å². The third-order valence-corrected chi connectivity index (χ3v) is 8.38. The molecule has 0 spiro atoms. The van der Waals surface area contributed by atoms with E-state index >= 15 is 0 Å². The van der Waals surface area contributed by atoms with Crippen LogP contribution < -0.4 is 10.2 Å². The predicted octanol–water partition coefficient (Wildman–Crippen LogP) is 10.1. The van der Waals surface area contributed by atoms with Crippen molar-refractivity contribution < 1.29 is 0 Å². The van der Waals surface area contributed by atoms with Crippen molar-refractivity contribution >= 4 is 27.8 Å². The van der Waals surface area contributed by atoms with Gasteiger partial charge in [0.25, 0.3) is 0 Å². The topological polar surface area (TPSA) is 15.3 Å². The fourth-order valence-corrected chi connectivity index (χ4v) is 6.56. The number of nitrogens with one attached hydrogen (secondary N) is 1. The Hall–Kier alpha value is -4.82. The molecule has 1 N–H and O–H groups in total. The molecule has 186 valence electrons. The number of benzene rings is 6. The standard InChI is InChI=1S/C37H28N2/c1-2-36-38-34-15-5-6-16-35(34)39(36)27-19-17-24(18-20-27)25-9-7-10-26(23-25)28-21-22-33-30-12-4-3-11-29(30)32-14-8-13-31(28)37(32)33/h3-23,36,38H,2H2,1H3. The number of rotatable bonds is 4. The number of hydrogen-bond donors (Lipinski definition) is 1. The normalized spacial score (nSPS) is 14.8. The highest BCUT2D eigenvalue weighted by molar-refractivity contribution is 6.18. The summed E-state index contributed by atoms with van der Waals surface area (Å²) in [7, 11) is 0. The molecule has 1 unspecified atom stereocenters. The van der Waals surface area contributed by atoms with Crippen LogP contribution in [-0.4, -0.2) is 6.17 Å². The zero-order valence-electron chi connectivity index (χ0n) is 21.9. The van der Waals surface area contributed by atoms with Gasteiger partial charge in [0.2, 0.25) is 0 Å². The molecule has 1 aliphatic carbocycles. The first-order valence-corrected chi connectivity index (χ1v) is 13.8. The first-order chi connectivity index (χ1) is 19.3. The quantitative estimate of drug-likeness (QED) is 0.259. The molecule has 0 amide bonds. The Morgan fingerprint density at radius 2 is 1.23 bits per heavy atom. The Kier molecular flexibility index (Phi) is 4.90. The lowest BCUT2D eigenvalue weighted by Gasteiger charge is -2.26. The second-order valence-corrected chi connectivity index (χ2v) is 10.5. The fourth-order valence-electron chi connectivity index (χ4n) is 6.56. The van der Waals surface area contributed by atoms with Crippen molar-refractivity contribution in [2.45, 2.75) is 19.5 Å². The predicted molar refractivity (Wildman–Crippen MR) is 166 cm³/mol. The molecule has 1 heterocycles. The molecular weight excluding hydrogens is 472 g/mol. The molecule has 0 radical (unpaired) electrons. The van der Waals surface area contributed by atoms with E-state index in [1.165, 1.54) is 72.3 Å². The molecule has 1 atom stereocenters. The summed E-state index contributed by atoms with van der Waals surface area (Å²) in [6.45, 7) is 2.23. The molecule has 2 aliphatic rings. The van der Waals surface area contributed by atoms with Crippen LogP contribution in [0.25, 0.3) is 55.3 Å². The van der Waals surface area contributed by atoms with Crippen molar-refractivity contribution in [3.8, 4) is 44.5 Å². The van der Waals surface area contributed by atoms with Crippen LogP contribution in [0.3, 0.4) is 0 Å². The number of anilines is 3. The molecular formula is C37H28N2. The van der Waals surface area contributed by atoms with Crippen molar-refractivity contribution in [2.24, 2.45) is 0 Å². The van der Waals surface area contributed by atoms with Crippen molar-refractivity contribution in [1.29, 1.82) is 0 Å². The molecule has 8 rings (SSSR count). The van der Waals surface area contributed by atoms with E-state index in [1.807, 2.05) is 0 Å². The number of fused-ring (bicyclic) bond motifs is 4. The van der Waals surface area contributed by atoms with Crippen molar-refractivity contribution in [2.75, 3.05) is 10.2 Å². The van der Waals surface area contributed by atoms with Crippen LogP contribution in [0.15, 0.2) is 127 Å². The average molecular weight is 501 g/mol. The van der Waals surface area contributed by atoms with Gasteiger partial charge >= 0.3 is 0 Å². The van der Waals surface area contributed by atoms with Crippen LogP contribution in [0.4, 0.5) is 17.1 Å². The molecule has 0 fully saturated rings. The Labute approximate surface area is 229 Å².